The first kappa shape index (κ1) is 30.5. The van der Waals surface area contributed by atoms with Crippen molar-refractivity contribution in [3.8, 4) is 23.7 Å². The first-order valence-corrected chi connectivity index (χ1v) is 14.9. The molecule has 0 bridgehead atoms. The summed E-state index contributed by atoms with van der Waals surface area (Å²) in [5.74, 6) is 11.8. The van der Waals surface area contributed by atoms with Crippen molar-refractivity contribution in [2.45, 2.75) is 75.8 Å². The van der Waals surface area contributed by atoms with Crippen LogP contribution in [-0.4, -0.2) is 56.4 Å². The number of aliphatic hydroxyl groups is 2. The molecule has 10 heteroatoms. The summed E-state index contributed by atoms with van der Waals surface area (Å²) in [6.07, 6.45) is 4.62. The second kappa shape index (κ2) is 12.4. The van der Waals surface area contributed by atoms with Gasteiger partial charge in [0, 0.05) is 50.6 Å². The van der Waals surface area contributed by atoms with Gasteiger partial charge >= 0.3 is 0 Å². The molecule has 0 radical (unpaired) electrons. The summed E-state index contributed by atoms with van der Waals surface area (Å²) in [5.41, 5.74) is -0.560. The van der Waals surface area contributed by atoms with Crippen molar-refractivity contribution in [3.63, 3.8) is 0 Å². The molecule has 0 saturated heterocycles. The van der Waals surface area contributed by atoms with E-state index in [0.29, 0.717) is 50.3 Å². The van der Waals surface area contributed by atoms with E-state index < -0.39 is 23.3 Å². The summed E-state index contributed by atoms with van der Waals surface area (Å²) in [4.78, 5) is 17.7. The maximum Gasteiger partial charge on any atom is 0.274 e. The number of imidazole rings is 1. The van der Waals surface area contributed by atoms with Gasteiger partial charge in [0.15, 0.2) is 0 Å². The highest BCUT2D eigenvalue weighted by Gasteiger charge is 2.49. The smallest absolute Gasteiger partial charge is 0.274 e. The van der Waals surface area contributed by atoms with Crippen molar-refractivity contribution in [2.75, 3.05) is 18.5 Å². The third kappa shape index (κ3) is 6.67. The van der Waals surface area contributed by atoms with Crippen LogP contribution in [0, 0.1) is 47.3 Å². The van der Waals surface area contributed by atoms with Crippen LogP contribution < -0.4 is 5.32 Å². The number of rotatable bonds is 7. The van der Waals surface area contributed by atoms with E-state index in [-0.39, 0.29) is 34.6 Å². The van der Waals surface area contributed by atoms with E-state index in [4.69, 9.17) is 21.1 Å². The Kier molecular flexibility index (Phi) is 8.99. The zero-order valence-corrected chi connectivity index (χ0v) is 24.9. The zero-order chi connectivity index (χ0) is 30.1. The van der Waals surface area contributed by atoms with Crippen molar-refractivity contribution in [1.29, 1.82) is 0 Å². The van der Waals surface area contributed by atoms with Crippen LogP contribution in [0.5, 0.6) is 0 Å². The molecule has 3 fully saturated rings. The van der Waals surface area contributed by atoms with E-state index in [1.807, 2.05) is 13.8 Å². The Morgan fingerprint density at radius 1 is 1.14 bits per heavy atom. The van der Waals surface area contributed by atoms with Crippen molar-refractivity contribution in [3.05, 3.63) is 46.8 Å². The monoisotopic (exact) mass is 597 g/mol. The van der Waals surface area contributed by atoms with Gasteiger partial charge in [0.1, 0.15) is 22.7 Å². The molecule has 2 atom stereocenters. The van der Waals surface area contributed by atoms with Gasteiger partial charge in [-0.2, -0.15) is 0 Å². The number of halogens is 2. The van der Waals surface area contributed by atoms with E-state index in [2.05, 4.69) is 34.0 Å². The van der Waals surface area contributed by atoms with Gasteiger partial charge < -0.3 is 29.6 Å². The molecule has 2 aromatic rings. The van der Waals surface area contributed by atoms with Gasteiger partial charge in [-0.15, -0.1) is 0 Å². The molecule has 0 aliphatic heterocycles. The number of nitrogens with zero attached hydrogens (tertiary/aromatic N) is 2. The van der Waals surface area contributed by atoms with Gasteiger partial charge in [-0.1, -0.05) is 29.4 Å². The number of amides is 1. The fourth-order valence-corrected chi connectivity index (χ4v) is 6.78. The Labute approximate surface area is 250 Å². The van der Waals surface area contributed by atoms with Crippen molar-refractivity contribution in [1.82, 2.24) is 9.55 Å². The predicted octanol–water partition coefficient (Wildman–Crippen LogP) is 4.65. The molecular formula is C32H37ClFN3O5. The van der Waals surface area contributed by atoms with Gasteiger partial charge in [-0.25, -0.2) is 9.37 Å². The number of benzene rings is 1. The van der Waals surface area contributed by atoms with Gasteiger partial charge in [0.2, 0.25) is 6.29 Å². The summed E-state index contributed by atoms with van der Waals surface area (Å²) < 4.78 is 26.1. The number of hydrogen-bond acceptors (Lipinski definition) is 6. The summed E-state index contributed by atoms with van der Waals surface area (Å²) in [5, 5.41) is 24.7. The Morgan fingerprint density at radius 3 is 2.40 bits per heavy atom. The summed E-state index contributed by atoms with van der Waals surface area (Å²) >= 11 is 5.87. The number of nitrogens with one attached hydrogen (secondary N) is 1. The minimum Gasteiger partial charge on any atom is -0.378 e. The van der Waals surface area contributed by atoms with Gasteiger partial charge in [0.05, 0.1) is 17.0 Å². The molecule has 1 amide bonds. The molecule has 224 valence electrons. The van der Waals surface area contributed by atoms with E-state index >= 15 is 0 Å². The van der Waals surface area contributed by atoms with Crippen LogP contribution in [0.2, 0.25) is 5.02 Å². The maximum absolute atomic E-state index is 13.5. The van der Waals surface area contributed by atoms with Crippen molar-refractivity contribution in [2.24, 2.45) is 24.8 Å². The Morgan fingerprint density at radius 2 is 1.79 bits per heavy atom. The zero-order valence-electron chi connectivity index (χ0n) is 24.1. The standard InChI is InChI=1S/C32H37ClFN3O5/c1-4-41-27(42-5-2)9-11-31(39)15-20(16-31)8-10-32(40)17-22-12-21(13-23(22)18-32)28-29(37(3)19-35-28)30(38)36-24-6-7-26(34)25(33)14-24/h6-7,14,19-23,27,39-40H,4-5,12-13,15-18H2,1-3H3,(H,36,38). The van der Waals surface area contributed by atoms with E-state index in [1.54, 1.807) is 17.9 Å². The van der Waals surface area contributed by atoms with E-state index in [9.17, 15) is 19.4 Å². The van der Waals surface area contributed by atoms with Crippen LogP contribution in [0.4, 0.5) is 10.1 Å². The summed E-state index contributed by atoms with van der Waals surface area (Å²) in [7, 11) is 1.77. The Hall–Kier alpha value is -2.92. The first-order chi connectivity index (χ1) is 20.0. The SMILES string of the molecule is CCOC(C#CC1(O)CC(C#CC2(O)CC3CC(c4ncn(C)c4C(=O)Nc4ccc(F)c(Cl)c4)CC3C2)C1)OCC. The molecule has 42 heavy (non-hydrogen) atoms. The van der Waals surface area contributed by atoms with Crippen LogP contribution in [0.25, 0.3) is 0 Å². The molecule has 2 unspecified atom stereocenters. The Bertz CT molecular complexity index is 1430. The molecular weight excluding hydrogens is 561 g/mol. The highest BCUT2D eigenvalue weighted by Crippen LogP contribution is 2.54. The first-order valence-electron chi connectivity index (χ1n) is 14.5. The van der Waals surface area contributed by atoms with Crippen LogP contribution in [0.1, 0.15) is 74.5 Å². The van der Waals surface area contributed by atoms with Gasteiger partial charge in [-0.05, 0) is 75.5 Å². The second-order valence-corrected chi connectivity index (χ2v) is 12.1. The number of carbonyl (C=O) groups excluding carboxylic acids is 1. The van der Waals surface area contributed by atoms with Gasteiger partial charge in [0.25, 0.3) is 5.91 Å². The molecule has 1 aromatic heterocycles. The minimum atomic E-state index is -1.11. The molecule has 0 spiro atoms. The fraction of sp³-hybridized carbons (Fsp3) is 0.562. The molecule has 1 aromatic carbocycles. The molecule has 3 saturated carbocycles. The number of anilines is 1. The number of hydrogen-bond donors (Lipinski definition) is 3. The lowest BCUT2D eigenvalue weighted by Crippen LogP contribution is -2.42. The number of aromatic nitrogens is 2. The third-order valence-electron chi connectivity index (χ3n) is 8.52. The van der Waals surface area contributed by atoms with Crippen molar-refractivity contribution < 1.29 is 28.9 Å². The average Bonchev–Trinajstić information content (AvgIpc) is 3.58. The second-order valence-electron chi connectivity index (χ2n) is 11.7. The number of carbonyl (C=O) groups is 1. The highest BCUT2D eigenvalue weighted by atomic mass is 35.5. The lowest BCUT2D eigenvalue weighted by atomic mass is 9.71. The number of ether oxygens (including phenoxy) is 2. The molecule has 5 rings (SSSR count). The molecule has 3 N–H and O–H groups in total. The normalized spacial score (nSPS) is 29.7. The van der Waals surface area contributed by atoms with Crippen LogP contribution in [0.3, 0.4) is 0 Å². The summed E-state index contributed by atoms with van der Waals surface area (Å²) in [6.45, 7) is 4.67. The van der Waals surface area contributed by atoms with Crippen LogP contribution in [0.15, 0.2) is 24.5 Å². The molecule has 3 aliphatic rings. The molecule has 8 nitrogen and oxygen atoms in total. The maximum atomic E-state index is 13.5. The van der Waals surface area contributed by atoms with E-state index in [0.717, 1.165) is 18.5 Å². The van der Waals surface area contributed by atoms with Crippen LogP contribution >= 0.6 is 11.6 Å². The van der Waals surface area contributed by atoms with Crippen molar-refractivity contribution >= 4 is 23.2 Å². The van der Waals surface area contributed by atoms with Gasteiger partial charge in [-0.3, -0.25) is 4.79 Å². The summed E-state index contributed by atoms with van der Waals surface area (Å²) in [6, 6.07) is 4.06. The van der Waals surface area contributed by atoms with E-state index in [1.165, 1.54) is 18.2 Å². The lowest BCUT2D eigenvalue weighted by Gasteiger charge is -2.37. The third-order valence-corrected chi connectivity index (χ3v) is 8.81. The average molecular weight is 598 g/mol. The number of aryl methyl sites for hydroxylation is 1. The number of fused-ring (bicyclic) bond motifs is 1. The van der Waals surface area contributed by atoms with Crippen LogP contribution in [-0.2, 0) is 16.5 Å². The lowest BCUT2D eigenvalue weighted by molar-refractivity contribution is -0.0977. The quantitative estimate of drug-likeness (QED) is 0.317. The largest absolute Gasteiger partial charge is 0.378 e. The molecule has 3 aliphatic carbocycles. The predicted molar refractivity (Wildman–Crippen MR) is 156 cm³/mol. The fourth-order valence-electron chi connectivity index (χ4n) is 6.60. The molecule has 1 heterocycles. The topological polar surface area (TPSA) is 106 Å². The highest BCUT2D eigenvalue weighted by molar-refractivity contribution is 6.31. The minimum absolute atomic E-state index is 0.0234. The Balaban J connectivity index is 1.17.